The Hall–Kier alpha value is -0.120. The van der Waals surface area contributed by atoms with E-state index in [2.05, 4.69) is 36.0 Å². The third-order valence-corrected chi connectivity index (χ3v) is 4.04. The first-order chi connectivity index (χ1) is 9.13. The fourth-order valence-electron chi connectivity index (χ4n) is 2.58. The van der Waals surface area contributed by atoms with Gasteiger partial charge in [0.05, 0.1) is 0 Å². The fourth-order valence-corrected chi connectivity index (χ4v) is 2.58. The molecule has 0 aromatic heterocycles. The number of hydrogen-bond acceptors (Lipinski definition) is 3. The summed E-state index contributed by atoms with van der Waals surface area (Å²) in [7, 11) is 4.26. The largest absolute Gasteiger partial charge is 0.318 e. The topological polar surface area (TPSA) is 18.5 Å². The van der Waals surface area contributed by atoms with Crippen LogP contribution in [-0.4, -0.2) is 62.7 Å². The molecule has 0 atom stereocenters. The van der Waals surface area contributed by atoms with Gasteiger partial charge in [-0.05, 0) is 72.8 Å². The van der Waals surface area contributed by atoms with Crippen LogP contribution in [0, 0.1) is 5.92 Å². The summed E-state index contributed by atoms with van der Waals surface area (Å²) >= 11 is 0. The van der Waals surface area contributed by atoms with Crippen molar-refractivity contribution in [3.63, 3.8) is 0 Å². The highest BCUT2D eigenvalue weighted by molar-refractivity contribution is 4.75. The minimum atomic E-state index is 0.731. The van der Waals surface area contributed by atoms with Gasteiger partial charge in [-0.1, -0.05) is 13.8 Å². The monoisotopic (exact) mass is 271 g/mol. The van der Waals surface area contributed by atoms with E-state index < -0.39 is 0 Å². The van der Waals surface area contributed by atoms with Crippen LogP contribution in [-0.2, 0) is 0 Å². The van der Waals surface area contributed by atoms with Gasteiger partial charge in [0.2, 0.25) is 0 Å². The first-order valence-corrected chi connectivity index (χ1v) is 8.20. The molecule has 0 aromatic carbocycles. The van der Waals surface area contributed by atoms with E-state index in [1.165, 1.54) is 45.4 Å². The summed E-state index contributed by atoms with van der Waals surface area (Å²) in [6, 6.07) is 0.731. The zero-order valence-corrected chi connectivity index (χ0v) is 14.2. The van der Waals surface area contributed by atoms with Crippen molar-refractivity contribution in [1.82, 2.24) is 15.1 Å². The van der Waals surface area contributed by atoms with E-state index in [4.69, 9.17) is 0 Å². The Balaban J connectivity index is 0.00000154. The first kappa shape index (κ1) is 18.9. The quantitative estimate of drug-likeness (QED) is 0.768. The van der Waals surface area contributed by atoms with Gasteiger partial charge in [0.25, 0.3) is 0 Å². The fraction of sp³-hybridized carbons (Fsp3) is 1.00. The van der Waals surface area contributed by atoms with Crippen molar-refractivity contribution in [1.29, 1.82) is 0 Å². The normalized spacial score (nSPS) is 17.7. The van der Waals surface area contributed by atoms with Crippen molar-refractivity contribution in [3.8, 4) is 0 Å². The molecule has 0 radical (unpaired) electrons. The van der Waals surface area contributed by atoms with Crippen LogP contribution in [0.5, 0.6) is 0 Å². The number of hydrogen-bond donors (Lipinski definition) is 1. The third kappa shape index (κ3) is 8.61. The molecule has 3 nitrogen and oxygen atoms in total. The van der Waals surface area contributed by atoms with Crippen LogP contribution in [0.2, 0.25) is 0 Å². The molecular weight excluding hydrogens is 234 g/mol. The molecule has 1 aliphatic rings. The third-order valence-electron chi connectivity index (χ3n) is 4.04. The van der Waals surface area contributed by atoms with Crippen LogP contribution in [0.4, 0.5) is 0 Å². The maximum atomic E-state index is 3.21. The Morgan fingerprint density at radius 2 is 1.74 bits per heavy atom. The van der Waals surface area contributed by atoms with Crippen LogP contribution in [0.25, 0.3) is 0 Å². The average Bonchev–Trinajstić information content (AvgIpc) is 2.45. The lowest BCUT2D eigenvalue weighted by atomic mass is 9.93. The molecule has 0 spiro atoms. The van der Waals surface area contributed by atoms with Crippen LogP contribution in [0.15, 0.2) is 0 Å². The number of nitrogens with one attached hydrogen (secondary N) is 1. The molecule has 0 aromatic rings. The van der Waals surface area contributed by atoms with E-state index >= 15 is 0 Å². The molecule has 116 valence electrons. The second-order valence-corrected chi connectivity index (χ2v) is 5.77. The molecule has 3 heteroatoms. The van der Waals surface area contributed by atoms with Gasteiger partial charge in [0.15, 0.2) is 0 Å². The second-order valence-electron chi connectivity index (χ2n) is 5.77. The van der Waals surface area contributed by atoms with Crippen molar-refractivity contribution in [3.05, 3.63) is 0 Å². The molecule has 0 amide bonds. The second kappa shape index (κ2) is 11.7. The molecule has 1 fully saturated rings. The van der Waals surface area contributed by atoms with Crippen molar-refractivity contribution in [2.24, 2.45) is 5.92 Å². The maximum absolute atomic E-state index is 3.21. The van der Waals surface area contributed by atoms with Crippen LogP contribution < -0.4 is 5.32 Å². The van der Waals surface area contributed by atoms with Gasteiger partial charge in [0, 0.05) is 19.1 Å². The van der Waals surface area contributed by atoms with E-state index in [1.54, 1.807) is 0 Å². The molecule has 1 heterocycles. The summed E-state index contributed by atoms with van der Waals surface area (Å²) < 4.78 is 0. The minimum Gasteiger partial charge on any atom is -0.318 e. The Labute approximate surface area is 121 Å². The van der Waals surface area contributed by atoms with Crippen LogP contribution in [0.1, 0.15) is 47.0 Å². The molecule has 1 saturated heterocycles. The van der Waals surface area contributed by atoms with Gasteiger partial charge in [-0.3, -0.25) is 0 Å². The van der Waals surface area contributed by atoms with E-state index in [0.29, 0.717) is 0 Å². The van der Waals surface area contributed by atoms with Gasteiger partial charge >= 0.3 is 0 Å². The SMILES string of the molecule is CC.CNCCN(C)CCC1CCN(C(C)C)CC1. The summed E-state index contributed by atoms with van der Waals surface area (Å²) in [5.41, 5.74) is 0. The lowest BCUT2D eigenvalue weighted by molar-refractivity contribution is 0.139. The number of nitrogens with zero attached hydrogens (tertiary/aromatic N) is 2. The predicted molar refractivity (Wildman–Crippen MR) is 86.8 cm³/mol. The summed E-state index contributed by atoms with van der Waals surface area (Å²) in [6.45, 7) is 14.8. The van der Waals surface area contributed by atoms with Crippen molar-refractivity contribution in [2.75, 3.05) is 46.8 Å². The number of likely N-dealkylation sites (N-methyl/N-ethyl adjacent to an activating group) is 2. The van der Waals surface area contributed by atoms with Gasteiger partial charge in [-0.25, -0.2) is 0 Å². The van der Waals surface area contributed by atoms with Gasteiger partial charge < -0.3 is 15.1 Å². The summed E-state index contributed by atoms with van der Waals surface area (Å²) in [5, 5.41) is 3.21. The molecule has 0 unspecified atom stereocenters. The number of piperidine rings is 1. The summed E-state index contributed by atoms with van der Waals surface area (Å²) in [6.07, 6.45) is 4.18. The van der Waals surface area contributed by atoms with Crippen LogP contribution >= 0.6 is 0 Å². The molecule has 1 N–H and O–H groups in total. The van der Waals surface area contributed by atoms with E-state index in [0.717, 1.165) is 18.5 Å². The van der Waals surface area contributed by atoms with Gasteiger partial charge in [-0.15, -0.1) is 0 Å². The Bertz CT molecular complexity index is 186. The van der Waals surface area contributed by atoms with E-state index in [1.807, 2.05) is 20.9 Å². The zero-order chi connectivity index (χ0) is 14.7. The average molecular weight is 271 g/mol. The maximum Gasteiger partial charge on any atom is 0.0104 e. The molecule has 0 saturated carbocycles. The highest BCUT2D eigenvalue weighted by Crippen LogP contribution is 2.21. The molecule has 0 aliphatic carbocycles. The van der Waals surface area contributed by atoms with E-state index in [-0.39, 0.29) is 0 Å². The first-order valence-electron chi connectivity index (χ1n) is 8.20. The standard InChI is InChI=1S/C14H31N3.C2H6/c1-13(2)17-10-6-14(7-11-17)5-9-16(4)12-8-15-3;1-2/h13-15H,5-12H2,1-4H3;1-2H3. The smallest absolute Gasteiger partial charge is 0.0104 e. The number of likely N-dealkylation sites (tertiary alicyclic amines) is 1. The Morgan fingerprint density at radius 3 is 2.21 bits per heavy atom. The van der Waals surface area contributed by atoms with Gasteiger partial charge in [-0.2, -0.15) is 0 Å². The summed E-state index contributed by atoms with van der Waals surface area (Å²) in [4.78, 5) is 5.06. The predicted octanol–water partition coefficient (Wildman–Crippen LogP) is 2.67. The van der Waals surface area contributed by atoms with Crippen molar-refractivity contribution in [2.45, 2.75) is 53.0 Å². The lowest BCUT2D eigenvalue weighted by Gasteiger charge is -2.35. The van der Waals surface area contributed by atoms with Crippen LogP contribution in [0.3, 0.4) is 0 Å². The molecule has 1 rings (SSSR count). The zero-order valence-electron chi connectivity index (χ0n) is 14.2. The van der Waals surface area contributed by atoms with Crippen molar-refractivity contribution < 1.29 is 0 Å². The molecule has 0 bridgehead atoms. The van der Waals surface area contributed by atoms with Gasteiger partial charge in [0.1, 0.15) is 0 Å². The highest BCUT2D eigenvalue weighted by atomic mass is 15.1. The lowest BCUT2D eigenvalue weighted by Crippen LogP contribution is -2.39. The molecule has 19 heavy (non-hydrogen) atoms. The molecular formula is C16H37N3. The number of rotatable bonds is 7. The minimum absolute atomic E-state index is 0.731. The molecule has 1 aliphatic heterocycles. The Kier molecular flexibility index (Phi) is 11.6. The summed E-state index contributed by atoms with van der Waals surface area (Å²) in [5.74, 6) is 0.960. The highest BCUT2D eigenvalue weighted by Gasteiger charge is 2.20. The van der Waals surface area contributed by atoms with E-state index in [9.17, 15) is 0 Å². The van der Waals surface area contributed by atoms with Crippen molar-refractivity contribution >= 4 is 0 Å². The Morgan fingerprint density at radius 1 is 1.16 bits per heavy atom.